The summed E-state index contributed by atoms with van der Waals surface area (Å²) in [6.07, 6.45) is 3.07. The van der Waals surface area contributed by atoms with E-state index >= 15 is 0 Å². The SMILES string of the molecule is CCCCOc1ccc(C(=O)Nc2ccc(N3CCC(N(C)C(C)=O)C3)cc2)cc1. The molecule has 160 valence electrons. The Balaban J connectivity index is 1.54. The Morgan fingerprint density at radius 2 is 1.83 bits per heavy atom. The molecule has 6 heteroatoms. The Kier molecular flexibility index (Phi) is 7.33. The summed E-state index contributed by atoms with van der Waals surface area (Å²) < 4.78 is 5.64. The van der Waals surface area contributed by atoms with Crippen LogP contribution < -0.4 is 15.0 Å². The predicted octanol–water partition coefficient (Wildman–Crippen LogP) is 4.17. The van der Waals surface area contributed by atoms with E-state index < -0.39 is 0 Å². The van der Waals surface area contributed by atoms with Crippen LogP contribution >= 0.6 is 0 Å². The molecule has 2 aromatic rings. The van der Waals surface area contributed by atoms with E-state index in [2.05, 4.69) is 17.1 Å². The maximum absolute atomic E-state index is 12.5. The first-order chi connectivity index (χ1) is 14.5. The number of hydrogen-bond acceptors (Lipinski definition) is 4. The molecule has 1 atom stereocenters. The molecule has 2 aromatic carbocycles. The van der Waals surface area contributed by atoms with Crippen LogP contribution in [-0.4, -0.2) is 49.5 Å². The number of amides is 2. The fourth-order valence-corrected chi connectivity index (χ4v) is 3.55. The smallest absolute Gasteiger partial charge is 0.255 e. The Labute approximate surface area is 178 Å². The number of rotatable bonds is 8. The number of carbonyl (C=O) groups is 2. The molecule has 1 aliphatic rings. The zero-order chi connectivity index (χ0) is 21.5. The number of hydrogen-bond donors (Lipinski definition) is 1. The van der Waals surface area contributed by atoms with E-state index in [9.17, 15) is 9.59 Å². The molecule has 6 nitrogen and oxygen atoms in total. The second-order valence-corrected chi connectivity index (χ2v) is 7.75. The summed E-state index contributed by atoms with van der Waals surface area (Å²) >= 11 is 0. The summed E-state index contributed by atoms with van der Waals surface area (Å²) in [4.78, 5) is 28.2. The lowest BCUT2D eigenvalue weighted by Crippen LogP contribution is -2.37. The molecule has 0 saturated carbocycles. The Morgan fingerprint density at radius 1 is 1.13 bits per heavy atom. The zero-order valence-electron chi connectivity index (χ0n) is 18.1. The standard InChI is InChI=1S/C24H31N3O3/c1-4-5-16-30-23-12-6-19(7-13-23)24(29)25-20-8-10-21(11-9-20)27-15-14-22(17-27)26(3)18(2)28/h6-13,22H,4-5,14-17H2,1-3H3,(H,25,29). The third kappa shape index (κ3) is 5.53. The van der Waals surface area contributed by atoms with Crippen LogP contribution in [0, 0.1) is 0 Å². The highest BCUT2D eigenvalue weighted by Gasteiger charge is 2.27. The topological polar surface area (TPSA) is 61.9 Å². The quantitative estimate of drug-likeness (QED) is 0.665. The molecule has 2 amide bonds. The van der Waals surface area contributed by atoms with Gasteiger partial charge in [0.25, 0.3) is 5.91 Å². The molecule has 0 aliphatic carbocycles. The van der Waals surface area contributed by atoms with Gasteiger partial charge in [-0.15, -0.1) is 0 Å². The maximum atomic E-state index is 12.5. The molecule has 1 unspecified atom stereocenters. The van der Waals surface area contributed by atoms with Crippen LogP contribution in [0.3, 0.4) is 0 Å². The van der Waals surface area contributed by atoms with Crippen molar-refractivity contribution in [3.63, 3.8) is 0 Å². The average Bonchev–Trinajstić information content (AvgIpc) is 3.24. The van der Waals surface area contributed by atoms with Crippen LogP contribution in [0.4, 0.5) is 11.4 Å². The monoisotopic (exact) mass is 409 g/mol. The van der Waals surface area contributed by atoms with Crippen molar-refractivity contribution in [1.29, 1.82) is 0 Å². The summed E-state index contributed by atoms with van der Waals surface area (Å²) in [5, 5.41) is 2.94. The van der Waals surface area contributed by atoms with Crippen LogP contribution in [0.2, 0.25) is 0 Å². The van der Waals surface area contributed by atoms with Crippen molar-refractivity contribution < 1.29 is 14.3 Å². The van der Waals surface area contributed by atoms with Gasteiger partial charge in [-0.2, -0.15) is 0 Å². The minimum atomic E-state index is -0.146. The van der Waals surface area contributed by atoms with Crippen molar-refractivity contribution in [3.05, 3.63) is 54.1 Å². The van der Waals surface area contributed by atoms with Gasteiger partial charge in [0.05, 0.1) is 12.6 Å². The third-order valence-electron chi connectivity index (χ3n) is 5.58. The van der Waals surface area contributed by atoms with Gasteiger partial charge in [-0.3, -0.25) is 9.59 Å². The van der Waals surface area contributed by atoms with Gasteiger partial charge in [-0.1, -0.05) is 13.3 Å². The Morgan fingerprint density at radius 3 is 2.47 bits per heavy atom. The lowest BCUT2D eigenvalue weighted by molar-refractivity contribution is -0.129. The molecule has 1 aliphatic heterocycles. The normalized spacial score (nSPS) is 15.7. The van der Waals surface area contributed by atoms with Gasteiger partial charge >= 0.3 is 0 Å². The molecule has 0 bridgehead atoms. The fraction of sp³-hybridized carbons (Fsp3) is 0.417. The van der Waals surface area contributed by atoms with Crippen molar-refractivity contribution in [3.8, 4) is 5.75 Å². The van der Waals surface area contributed by atoms with E-state index in [-0.39, 0.29) is 17.9 Å². The summed E-state index contributed by atoms with van der Waals surface area (Å²) in [7, 11) is 1.86. The molecule has 3 rings (SSSR count). The van der Waals surface area contributed by atoms with Gasteiger partial charge in [0.15, 0.2) is 0 Å². The van der Waals surface area contributed by atoms with Crippen molar-refractivity contribution >= 4 is 23.2 Å². The summed E-state index contributed by atoms with van der Waals surface area (Å²) in [5.41, 5.74) is 2.45. The first-order valence-corrected chi connectivity index (χ1v) is 10.6. The summed E-state index contributed by atoms with van der Waals surface area (Å²) in [6, 6.07) is 15.3. The molecular weight excluding hydrogens is 378 g/mol. The minimum absolute atomic E-state index is 0.0977. The van der Waals surface area contributed by atoms with Crippen LogP contribution in [0.5, 0.6) is 5.75 Å². The van der Waals surface area contributed by atoms with Gasteiger partial charge in [0, 0.05) is 44.0 Å². The number of anilines is 2. The molecule has 0 aromatic heterocycles. The van der Waals surface area contributed by atoms with Crippen molar-refractivity contribution in [1.82, 2.24) is 4.90 Å². The number of ether oxygens (including phenoxy) is 1. The van der Waals surface area contributed by atoms with Crippen LogP contribution in [0.15, 0.2) is 48.5 Å². The molecule has 1 heterocycles. The van der Waals surface area contributed by atoms with Crippen molar-refractivity contribution in [2.24, 2.45) is 0 Å². The second-order valence-electron chi connectivity index (χ2n) is 7.75. The average molecular weight is 410 g/mol. The van der Waals surface area contributed by atoms with E-state index in [0.29, 0.717) is 12.2 Å². The molecule has 1 saturated heterocycles. The highest BCUT2D eigenvalue weighted by atomic mass is 16.5. The highest BCUT2D eigenvalue weighted by molar-refractivity contribution is 6.04. The number of carbonyl (C=O) groups excluding carboxylic acids is 2. The molecular formula is C24H31N3O3. The molecule has 30 heavy (non-hydrogen) atoms. The largest absolute Gasteiger partial charge is 0.494 e. The van der Waals surface area contributed by atoms with E-state index in [4.69, 9.17) is 4.74 Å². The van der Waals surface area contributed by atoms with Crippen LogP contribution in [-0.2, 0) is 4.79 Å². The number of nitrogens with one attached hydrogen (secondary N) is 1. The van der Waals surface area contributed by atoms with E-state index in [0.717, 1.165) is 49.5 Å². The Hall–Kier alpha value is -3.02. The number of benzene rings is 2. The second kappa shape index (κ2) is 10.1. The van der Waals surface area contributed by atoms with Gasteiger partial charge in [0.2, 0.25) is 5.91 Å². The van der Waals surface area contributed by atoms with E-state index in [1.54, 1.807) is 19.1 Å². The molecule has 0 radical (unpaired) electrons. The van der Waals surface area contributed by atoms with Gasteiger partial charge in [-0.05, 0) is 61.4 Å². The highest BCUT2D eigenvalue weighted by Crippen LogP contribution is 2.24. The lowest BCUT2D eigenvalue weighted by atomic mass is 10.2. The maximum Gasteiger partial charge on any atom is 0.255 e. The van der Waals surface area contributed by atoms with Crippen LogP contribution in [0.25, 0.3) is 0 Å². The molecule has 1 fully saturated rings. The van der Waals surface area contributed by atoms with Gasteiger partial charge in [0.1, 0.15) is 5.75 Å². The summed E-state index contributed by atoms with van der Waals surface area (Å²) in [6.45, 7) is 6.16. The van der Waals surface area contributed by atoms with Crippen molar-refractivity contribution in [2.45, 2.75) is 39.2 Å². The van der Waals surface area contributed by atoms with E-state index in [1.165, 1.54) is 0 Å². The Bertz CT molecular complexity index is 849. The first-order valence-electron chi connectivity index (χ1n) is 10.6. The summed E-state index contributed by atoms with van der Waals surface area (Å²) in [5.74, 6) is 0.733. The number of unbranched alkanes of at least 4 members (excludes halogenated alkanes) is 1. The van der Waals surface area contributed by atoms with Crippen LogP contribution in [0.1, 0.15) is 43.5 Å². The van der Waals surface area contributed by atoms with E-state index in [1.807, 2.05) is 48.3 Å². The third-order valence-corrected chi connectivity index (χ3v) is 5.58. The molecule has 0 spiro atoms. The van der Waals surface area contributed by atoms with Gasteiger partial charge in [-0.25, -0.2) is 0 Å². The molecule has 1 N–H and O–H groups in total. The number of likely N-dealkylation sites (N-methyl/N-ethyl adjacent to an activating group) is 1. The number of nitrogens with zero attached hydrogens (tertiary/aromatic N) is 2. The van der Waals surface area contributed by atoms with Gasteiger partial charge < -0.3 is 19.9 Å². The zero-order valence-corrected chi connectivity index (χ0v) is 18.1. The fourth-order valence-electron chi connectivity index (χ4n) is 3.55. The minimum Gasteiger partial charge on any atom is -0.494 e. The predicted molar refractivity (Wildman–Crippen MR) is 120 cm³/mol. The lowest BCUT2D eigenvalue weighted by Gasteiger charge is -2.24. The van der Waals surface area contributed by atoms with Crippen molar-refractivity contribution in [2.75, 3.05) is 37.0 Å². The first kappa shape index (κ1) is 21.7.